The first kappa shape index (κ1) is 67.0. The number of azide groups is 7. The molecule has 2 aromatic carbocycles. The van der Waals surface area contributed by atoms with Crippen LogP contribution in [-0.2, 0) is 11.8 Å². The third-order valence-corrected chi connectivity index (χ3v) is 8.35. The Balaban J connectivity index is 0.000000474. The van der Waals surface area contributed by atoms with Crippen LogP contribution >= 0.6 is 23.2 Å². The molecule has 0 amide bonds. The molecule has 0 fully saturated rings. The molecule has 0 aliphatic carbocycles. The van der Waals surface area contributed by atoms with Crippen LogP contribution in [0.3, 0.4) is 0 Å². The van der Waals surface area contributed by atoms with Gasteiger partial charge in [-0.05, 0) is 141 Å². The van der Waals surface area contributed by atoms with E-state index in [2.05, 4.69) is 95.1 Å². The van der Waals surface area contributed by atoms with Crippen molar-refractivity contribution in [1.29, 1.82) is 0 Å². The van der Waals surface area contributed by atoms with Gasteiger partial charge in [0.15, 0.2) is 35.6 Å². The van der Waals surface area contributed by atoms with Crippen LogP contribution in [0.2, 0.25) is 10.6 Å². The van der Waals surface area contributed by atoms with Crippen molar-refractivity contribution in [3.05, 3.63) is 240 Å². The molecule has 404 valence electrons. The standard InChI is InChI=1S/C12H9N3O4.C7H7N3.C6H7N4.C6H5N3O2.2C5H4N4.C3Cl2N6.HI/c1-7(16)6-18-9-3-2-8-4-10(14-15-13)12(17)19-11(8)5-9;1-6-2-4-7(5-3-6)9-10-8;1-10-4-2-6(3-5-10)8-9-7;1-4(10)5-2-3-6(11-5)8-9-7;6-9-8-5-1-3-7-4-2-5;6-9-8-5-2-1-3-7-4-5;4-1-7-2(5)9-3(8-1)10-11-6;/h2-5H,6H2,1H3;2*2-5H,1H3;2-3H,1H3;2*1-4H;;1H/q;;+1;;;;;/p-1. The van der Waals surface area contributed by atoms with Crippen molar-refractivity contribution >= 4 is 86.0 Å². The normalized spacial score (nSPS) is 8.72. The van der Waals surface area contributed by atoms with Crippen molar-refractivity contribution in [2.45, 2.75) is 20.8 Å². The number of fused-ring (bicyclic) bond motifs is 1. The molecule has 0 aliphatic heterocycles. The third-order valence-electron chi connectivity index (χ3n) is 8.01. The van der Waals surface area contributed by atoms with Gasteiger partial charge in [0, 0.05) is 107 Å². The van der Waals surface area contributed by atoms with Crippen molar-refractivity contribution in [1.82, 2.24) is 24.9 Å². The maximum Gasteiger partial charge on any atom is 0.345 e. The summed E-state index contributed by atoms with van der Waals surface area (Å²) >= 11 is 10.7. The maximum atomic E-state index is 11.5. The molecule has 0 unspecified atom stereocenters. The molecule has 0 bridgehead atoms. The Hall–Kier alpha value is -11.0. The quantitative estimate of drug-likeness (QED) is 0.0223. The van der Waals surface area contributed by atoms with Gasteiger partial charge >= 0.3 is 5.63 Å². The summed E-state index contributed by atoms with van der Waals surface area (Å²) in [5, 5.41) is 23.4. The van der Waals surface area contributed by atoms with Crippen molar-refractivity contribution in [2.24, 2.45) is 42.8 Å². The molecule has 80 heavy (non-hydrogen) atoms. The SMILES string of the molecule is CC(=O)COc1ccc2cc(N=[N+]=[N-])c(=O)oc2c1.CC(=O)c1ccc(N=[N+]=[N-])o1.C[n+]1ccc(N=[N+]=[N-])cc1.Cc1ccc(N=[N+]=[N-])cc1.[I-].[N-]=[N+]=Nc1cccnc1.[N-]=[N+]=Nc1ccncc1.[N-]=[N+]=Nc1nc(Cl)nc(Cl)n1. The lowest BCUT2D eigenvalue weighted by atomic mass is 10.2. The largest absolute Gasteiger partial charge is 1.00 e. The summed E-state index contributed by atoms with van der Waals surface area (Å²) in [7, 11) is 1.90. The zero-order chi connectivity index (χ0) is 58.2. The second kappa shape index (κ2) is 39.4. The first-order valence-corrected chi connectivity index (χ1v) is 21.9. The average molecular weight is 1240 g/mol. The van der Waals surface area contributed by atoms with Crippen molar-refractivity contribution in [3.63, 3.8) is 0 Å². The van der Waals surface area contributed by atoms with Crippen molar-refractivity contribution in [3.8, 4) is 5.75 Å². The number of hydrogen-bond acceptors (Lipinski definition) is 18. The topological polar surface area (TPSA) is 496 Å². The number of ether oxygens (including phenoxy) is 1. The molecule has 8 aromatic rings. The van der Waals surface area contributed by atoms with Gasteiger partial charge in [-0.15, -0.1) is 0 Å². The summed E-state index contributed by atoms with van der Waals surface area (Å²) in [6.07, 6.45) is 9.91. The van der Waals surface area contributed by atoms with Gasteiger partial charge in [-0.1, -0.05) is 55.4 Å². The van der Waals surface area contributed by atoms with E-state index in [1.807, 2.05) is 43.1 Å². The Morgan fingerprint density at radius 2 is 1.16 bits per heavy atom. The first-order chi connectivity index (χ1) is 38.1. The second-order valence-corrected chi connectivity index (χ2v) is 14.5. The van der Waals surface area contributed by atoms with E-state index in [1.165, 1.54) is 44.3 Å². The highest BCUT2D eigenvalue weighted by molar-refractivity contribution is 6.31. The molecule has 6 heterocycles. The lowest BCUT2D eigenvalue weighted by molar-refractivity contribution is -0.671. The molecular weight excluding hydrogens is 1200 g/mol. The van der Waals surface area contributed by atoms with Gasteiger partial charge in [-0.2, -0.15) is 15.0 Å². The fourth-order valence-corrected chi connectivity index (χ4v) is 5.04. The minimum atomic E-state index is -0.728. The van der Waals surface area contributed by atoms with E-state index >= 15 is 0 Å². The van der Waals surface area contributed by atoms with E-state index in [1.54, 1.807) is 79.3 Å². The van der Waals surface area contributed by atoms with Gasteiger partial charge in [-0.3, -0.25) is 19.6 Å². The Bertz CT molecular complexity index is 3550. The Morgan fingerprint density at radius 1 is 0.613 bits per heavy atom. The number of aromatic nitrogens is 6. The van der Waals surface area contributed by atoms with Gasteiger partial charge in [0.2, 0.25) is 16.5 Å². The van der Waals surface area contributed by atoms with E-state index in [4.69, 9.17) is 75.5 Å². The van der Waals surface area contributed by atoms with E-state index in [9.17, 15) is 14.4 Å². The third kappa shape index (κ3) is 28.6. The number of benzene rings is 2. The molecule has 0 radical (unpaired) electrons. The summed E-state index contributed by atoms with van der Waals surface area (Å²) in [6, 6.07) is 26.7. The van der Waals surface area contributed by atoms with Crippen LogP contribution in [0.15, 0.2) is 184 Å². The highest BCUT2D eigenvalue weighted by atomic mass is 127. The smallest absolute Gasteiger partial charge is 0.345 e. The lowest BCUT2D eigenvalue weighted by Crippen LogP contribution is -3.00. The number of hydrogen-bond donors (Lipinski definition) is 0. The number of nitrogens with zero attached hydrogens (tertiary/aromatic N) is 27. The summed E-state index contributed by atoms with van der Waals surface area (Å²) in [4.78, 5) is 68.8. The van der Waals surface area contributed by atoms with Crippen LogP contribution in [0.1, 0.15) is 30.0 Å². The van der Waals surface area contributed by atoms with Crippen molar-refractivity contribution in [2.75, 3.05) is 6.61 Å². The highest BCUT2D eigenvalue weighted by Gasteiger charge is 2.06. The molecule has 0 aliphatic rings. The lowest BCUT2D eigenvalue weighted by Gasteiger charge is -2.04. The fourth-order valence-electron chi connectivity index (χ4n) is 4.69. The number of rotatable bonds is 11. The van der Waals surface area contributed by atoms with Crippen LogP contribution in [0.25, 0.3) is 84.1 Å². The summed E-state index contributed by atoms with van der Waals surface area (Å²) in [5.74, 6) is 0.287. The van der Waals surface area contributed by atoms with Gasteiger partial charge < -0.3 is 37.5 Å². The van der Waals surface area contributed by atoms with E-state index in [0.717, 1.165) is 5.56 Å². The summed E-state index contributed by atoms with van der Waals surface area (Å²) in [5.41, 5.74) is 59.3. The molecule has 33 nitrogen and oxygen atoms in total. The predicted octanol–water partition coefficient (Wildman–Crippen LogP) is 12.7. The van der Waals surface area contributed by atoms with E-state index in [-0.39, 0.29) is 76.0 Å². The number of pyridine rings is 3. The van der Waals surface area contributed by atoms with Gasteiger partial charge in [0.25, 0.3) is 0 Å². The number of furan rings is 1. The summed E-state index contributed by atoms with van der Waals surface area (Å²) in [6.45, 7) is 4.72. The molecule has 0 N–H and O–H groups in total. The Labute approximate surface area is 475 Å². The number of carbonyl (C=O) groups is 2. The van der Waals surface area contributed by atoms with Crippen LogP contribution in [0.4, 0.5) is 40.3 Å². The van der Waals surface area contributed by atoms with Gasteiger partial charge in [0.1, 0.15) is 30.7 Å². The number of carbonyl (C=O) groups excluding carboxylic acids is 2. The molecule has 0 saturated carbocycles. The number of halogens is 3. The minimum Gasteiger partial charge on any atom is -1.00 e. The van der Waals surface area contributed by atoms with Crippen LogP contribution in [0.5, 0.6) is 5.75 Å². The average Bonchev–Trinajstić information content (AvgIpc) is 3.94. The zero-order valence-corrected chi connectivity index (χ0v) is 45.2. The second-order valence-electron chi connectivity index (χ2n) is 13.8. The fraction of sp³-hybridized carbons (Fsp3) is 0.114. The molecule has 8 rings (SSSR count). The van der Waals surface area contributed by atoms with Crippen LogP contribution in [0, 0.1) is 6.92 Å². The predicted molar refractivity (Wildman–Crippen MR) is 286 cm³/mol. The van der Waals surface area contributed by atoms with Crippen molar-refractivity contribution < 1.29 is 51.7 Å². The molecule has 36 heteroatoms. The van der Waals surface area contributed by atoms with Gasteiger partial charge in [0.05, 0.1) is 5.69 Å². The highest BCUT2D eigenvalue weighted by Crippen LogP contribution is 2.23. The molecule has 0 saturated heterocycles. The van der Waals surface area contributed by atoms with E-state index in [0.29, 0.717) is 39.5 Å². The number of ketones is 2. The van der Waals surface area contributed by atoms with Gasteiger partial charge in [-0.25, -0.2) is 9.36 Å². The Kier molecular flexibility index (Phi) is 33.0. The number of Topliss-reactive ketones (excluding diaryl/α,β-unsaturated/α-hetero) is 2. The summed E-state index contributed by atoms with van der Waals surface area (Å²) < 4.78 is 16.9. The number of aryl methyl sites for hydroxylation is 2. The zero-order valence-electron chi connectivity index (χ0n) is 41.6. The molecule has 6 aromatic heterocycles. The van der Waals surface area contributed by atoms with Crippen LogP contribution < -0.4 is 38.9 Å². The molecule has 0 spiro atoms. The Morgan fingerprint density at radius 3 is 1.68 bits per heavy atom. The molecule has 0 atom stereocenters. The maximum absolute atomic E-state index is 11.5. The van der Waals surface area contributed by atoms with E-state index < -0.39 is 5.63 Å². The van der Waals surface area contributed by atoms with Crippen LogP contribution in [-0.4, -0.2) is 43.1 Å². The first-order valence-electron chi connectivity index (χ1n) is 21.1. The molecular formula is C44H36Cl2IN27O6. The monoisotopic (exact) mass is 1240 g/mol. The minimum absolute atomic E-state index is 0.